The zero-order valence-corrected chi connectivity index (χ0v) is 11.9. The Morgan fingerprint density at radius 2 is 2.18 bits per heavy atom. The second-order valence-electron chi connectivity index (χ2n) is 4.06. The number of nitrogens with one attached hydrogen (secondary N) is 1. The molecule has 0 aliphatic rings. The summed E-state index contributed by atoms with van der Waals surface area (Å²) in [6.45, 7) is 1.89. The van der Waals surface area contributed by atoms with Crippen molar-refractivity contribution in [1.29, 1.82) is 0 Å². The molecule has 0 saturated carbocycles. The van der Waals surface area contributed by atoms with Gasteiger partial charge in [0.2, 0.25) is 5.91 Å². The van der Waals surface area contributed by atoms with Crippen LogP contribution in [0, 0.1) is 0 Å². The molecule has 5 heteroatoms. The molecule has 1 aromatic carbocycles. The number of carbonyl (C=O) groups excluding carboxylic acids is 1. The maximum atomic E-state index is 11.8. The summed E-state index contributed by atoms with van der Waals surface area (Å²) in [6.07, 6.45) is 0.622. The third kappa shape index (κ3) is 3.71. The van der Waals surface area contributed by atoms with Gasteiger partial charge in [-0.2, -0.15) is 0 Å². The van der Waals surface area contributed by atoms with Gasteiger partial charge in [0.25, 0.3) is 0 Å². The maximum absolute atomic E-state index is 11.8. The van der Waals surface area contributed by atoms with E-state index in [4.69, 9.17) is 5.73 Å². The van der Waals surface area contributed by atoms with Crippen LogP contribution in [0.25, 0.3) is 0 Å². The van der Waals surface area contributed by atoms with Crippen molar-refractivity contribution >= 4 is 33.2 Å². The normalized spacial score (nSPS) is 12.1. The van der Waals surface area contributed by atoms with Crippen molar-refractivity contribution in [2.24, 2.45) is 5.73 Å². The number of benzene rings is 1. The summed E-state index contributed by atoms with van der Waals surface area (Å²) in [5.74, 6) is -0.159. The first-order valence-electron chi connectivity index (χ1n) is 5.49. The first-order valence-corrected chi connectivity index (χ1v) is 6.28. The van der Waals surface area contributed by atoms with Crippen molar-refractivity contribution in [3.8, 4) is 0 Å². The number of rotatable bonds is 4. The summed E-state index contributed by atoms with van der Waals surface area (Å²) in [7, 11) is 3.86. The Morgan fingerprint density at radius 3 is 2.71 bits per heavy atom. The SMILES string of the molecule is CC[C@H](N)C(=O)Nc1cc(Br)ccc1N(C)C. The number of nitrogens with two attached hydrogens (primary N) is 1. The Hall–Kier alpha value is -1.07. The molecular weight excluding hydrogens is 282 g/mol. The van der Waals surface area contributed by atoms with Gasteiger partial charge >= 0.3 is 0 Å². The quantitative estimate of drug-likeness (QED) is 0.896. The average Bonchev–Trinajstić information content (AvgIpc) is 2.27. The number of amides is 1. The summed E-state index contributed by atoms with van der Waals surface area (Å²) in [6, 6.07) is 5.28. The predicted molar refractivity (Wildman–Crippen MR) is 75.4 cm³/mol. The molecule has 0 aromatic heterocycles. The molecule has 0 spiro atoms. The molecular formula is C12H18BrN3O. The Morgan fingerprint density at radius 1 is 1.53 bits per heavy atom. The van der Waals surface area contributed by atoms with E-state index in [1.807, 2.05) is 44.1 Å². The van der Waals surface area contributed by atoms with Crippen LogP contribution in [0.1, 0.15) is 13.3 Å². The highest BCUT2D eigenvalue weighted by Gasteiger charge is 2.14. The third-order valence-corrected chi connectivity index (χ3v) is 2.97. The van der Waals surface area contributed by atoms with E-state index in [0.717, 1.165) is 15.8 Å². The number of halogens is 1. The zero-order chi connectivity index (χ0) is 13.0. The van der Waals surface area contributed by atoms with E-state index in [2.05, 4.69) is 21.2 Å². The third-order valence-electron chi connectivity index (χ3n) is 2.47. The Bertz CT molecular complexity index is 407. The molecule has 0 heterocycles. The van der Waals surface area contributed by atoms with E-state index in [1.165, 1.54) is 0 Å². The van der Waals surface area contributed by atoms with Crippen molar-refractivity contribution in [1.82, 2.24) is 0 Å². The van der Waals surface area contributed by atoms with Gasteiger partial charge in [0.15, 0.2) is 0 Å². The van der Waals surface area contributed by atoms with Gasteiger partial charge in [0.1, 0.15) is 0 Å². The molecule has 0 bridgehead atoms. The fourth-order valence-corrected chi connectivity index (χ4v) is 1.77. The Balaban J connectivity index is 2.96. The van der Waals surface area contributed by atoms with Crippen LogP contribution in [0.5, 0.6) is 0 Å². The summed E-state index contributed by atoms with van der Waals surface area (Å²) in [5.41, 5.74) is 7.40. The van der Waals surface area contributed by atoms with Crippen LogP contribution in [0.2, 0.25) is 0 Å². The lowest BCUT2D eigenvalue weighted by atomic mass is 10.2. The van der Waals surface area contributed by atoms with Crippen molar-refractivity contribution in [2.45, 2.75) is 19.4 Å². The highest BCUT2D eigenvalue weighted by atomic mass is 79.9. The van der Waals surface area contributed by atoms with Gasteiger partial charge in [0.05, 0.1) is 17.4 Å². The lowest BCUT2D eigenvalue weighted by Crippen LogP contribution is -2.35. The van der Waals surface area contributed by atoms with Crippen molar-refractivity contribution in [2.75, 3.05) is 24.3 Å². The lowest BCUT2D eigenvalue weighted by molar-refractivity contribution is -0.117. The van der Waals surface area contributed by atoms with Crippen LogP contribution in [-0.4, -0.2) is 26.0 Å². The molecule has 0 aliphatic heterocycles. The van der Waals surface area contributed by atoms with Crippen LogP contribution >= 0.6 is 15.9 Å². The highest BCUT2D eigenvalue weighted by molar-refractivity contribution is 9.10. The monoisotopic (exact) mass is 299 g/mol. The summed E-state index contributed by atoms with van der Waals surface area (Å²) in [5, 5.41) is 2.85. The van der Waals surface area contributed by atoms with E-state index >= 15 is 0 Å². The fourth-order valence-electron chi connectivity index (χ4n) is 1.41. The molecule has 1 rings (SSSR count). The van der Waals surface area contributed by atoms with E-state index < -0.39 is 6.04 Å². The first kappa shape index (κ1) is 14.0. The molecule has 1 amide bonds. The van der Waals surface area contributed by atoms with Gasteiger partial charge in [-0.25, -0.2) is 0 Å². The van der Waals surface area contributed by atoms with E-state index in [1.54, 1.807) is 0 Å². The topological polar surface area (TPSA) is 58.4 Å². The minimum absolute atomic E-state index is 0.159. The number of carbonyl (C=O) groups is 1. The number of nitrogens with zero attached hydrogens (tertiary/aromatic N) is 1. The zero-order valence-electron chi connectivity index (χ0n) is 10.3. The molecule has 17 heavy (non-hydrogen) atoms. The van der Waals surface area contributed by atoms with Gasteiger partial charge in [0, 0.05) is 18.6 Å². The summed E-state index contributed by atoms with van der Waals surface area (Å²) in [4.78, 5) is 13.7. The molecule has 1 atom stereocenters. The van der Waals surface area contributed by atoms with E-state index in [-0.39, 0.29) is 5.91 Å². The second kappa shape index (κ2) is 6.02. The molecule has 0 saturated heterocycles. The minimum Gasteiger partial charge on any atom is -0.376 e. The van der Waals surface area contributed by atoms with Gasteiger partial charge in [-0.3, -0.25) is 4.79 Å². The summed E-state index contributed by atoms with van der Waals surface area (Å²) >= 11 is 3.39. The van der Waals surface area contributed by atoms with Crippen molar-refractivity contribution in [3.05, 3.63) is 22.7 Å². The molecule has 0 unspecified atom stereocenters. The molecule has 94 valence electrons. The molecule has 3 N–H and O–H groups in total. The van der Waals surface area contributed by atoms with Gasteiger partial charge in [-0.15, -0.1) is 0 Å². The fraction of sp³-hybridized carbons (Fsp3) is 0.417. The van der Waals surface area contributed by atoms with Crippen molar-refractivity contribution in [3.63, 3.8) is 0 Å². The molecule has 0 aliphatic carbocycles. The van der Waals surface area contributed by atoms with Crippen LogP contribution in [0.15, 0.2) is 22.7 Å². The molecule has 0 radical (unpaired) electrons. The second-order valence-corrected chi connectivity index (χ2v) is 4.98. The summed E-state index contributed by atoms with van der Waals surface area (Å²) < 4.78 is 0.920. The lowest BCUT2D eigenvalue weighted by Gasteiger charge is -2.19. The Labute approximate surface area is 110 Å². The van der Waals surface area contributed by atoms with Gasteiger partial charge < -0.3 is 16.0 Å². The highest BCUT2D eigenvalue weighted by Crippen LogP contribution is 2.28. The maximum Gasteiger partial charge on any atom is 0.241 e. The van der Waals surface area contributed by atoms with Crippen LogP contribution < -0.4 is 16.0 Å². The molecule has 0 fully saturated rings. The first-order chi connectivity index (χ1) is 7.95. The largest absolute Gasteiger partial charge is 0.376 e. The smallest absolute Gasteiger partial charge is 0.241 e. The number of hydrogen-bond acceptors (Lipinski definition) is 3. The predicted octanol–water partition coefficient (Wildman–Crippen LogP) is 2.19. The van der Waals surface area contributed by atoms with Crippen LogP contribution in [-0.2, 0) is 4.79 Å². The van der Waals surface area contributed by atoms with E-state index in [9.17, 15) is 4.79 Å². The van der Waals surface area contributed by atoms with Crippen molar-refractivity contribution < 1.29 is 4.79 Å². The number of anilines is 2. The van der Waals surface area contributed by atoms with Crippen LogP contribution in [0.3, 0.4) is 0 Å². The molecule has 1 aromatic rings. The Kier molecular flexibility index (Phi) is 4.96. The van der Waals surface area contributed by atoms with E-state index in [0.29, 0.717) is 6.42 Å². The van der Waals surface area contributed by atoms with Gasteiger partial charge in [-0.1, -0.05) is 22.9 Å². The average molecular weight is 300 g/mol. The molecule has 4 nitrogen and oxygen atoms in total. The van der Waals surface area contributed by atoms with Gasteiger partial charge in [-0.05, 0) is 24.6 Å². The number of hydrogen-bond donors (Lipinski definition) is 2. The standard InChI is InChI=1S/C12H18BrN3O/c1-4-9(14)12(17)15-10-7-8(13)5-6-11(10)16(2)3/h5-7,9H,4,14H2,1-3H3,(H,15,17)/t9-/m0/s1. The van der Waals surface area contributed by atoms with Crippen LogP contribution in [0.4, 0.5) is 11.4 Å². The minimum atomic E-state index is -0.469.